The second-order valence-corrected chi connectivity index (χ2v) is 7.72. The van der Waals surface area contributed by atoms with Gasteiger partial charge in [0, 0.05) is 18.2 Å². The quantitative estimate of drug-likeness (QED) is 0.662. The van der Waals surface area contributed by atoms with E-state index < -0.39 is 17.8 Å². The van der Waals surface area contributed by atoms with Crippen molar-refractivity contribution in [2.24, 2.45) is 0 Å². The van der Waals surface area contributed by atoms with Crippen LogP contribution in [0, 0.1) is 5.82 Å². The Kier molecular flexibility index (Phi) is 7.87. The van der Waals surface area contributed by atoms with E-state index in [9.17, 15) is 14.0 Å². The van der Waals surface area contributed by atoms with Crippen LogP contribution in [0.4, 0.5) is 4.39 Å². The highest BCUT2D eigenvalue weighted by molar-refractivity contribution is 5.88. The van der Waals surface area contributed by atoms with Crippen molar-refractivity contribution in [1.82, 2.24) is 10.2 Å². The number of nitrogens with zero attached hydrogens (tertiary/aromatic N) is 1. The van der Waals surface area contributed by atoms with Crippen molar-refractivity contribution < 1.29 is 23.5 Å². The van der Waals surface area contributed by atoms with Crippen molar-refractivity contribution in [1.29, 1.82) is 0 Å². The van der Waals surface area contributed by atoms with Gasteiger partial charge in [-0.25, -0.2) is 4.39 Å². The van der Waals surface area contributed by atoms with E-state index in [1.54, 1.807) is 49.4 Å². The minimum atomic E-state index is -0.769. The molecule has 3 rings (SSSR count). The Hall–Kier alpha value is -3.09. The average Bonchev–Trinajstić information content (AvgIpc) is 3.29. The molecular formula is C24H29FN2O4. The molecular weight excluding hydrogens is 399 g/mol. The summed E-state index contributed by atoms with van der Waals surface area (Å²) in [7, 11) is 1.52. The van der Waals surface area contributed by atoms with Gasteiger partial charge in [-0.3, -0.25) is 9.59 Å². The number of para-hydroxylation sites is 2. The summed E-state index contributed by atoms with van der Waals surface area (Å²) >= 11 is 0. The van der Waals surface area contributed by atoms with Crippen molar-refractivity contribution in [3.05, 3.63) is 59.9 Å². The molecule has 0 spiro atoms. The maximum absolute atomic E-state index is 14.3. The Morgan fingerprint density at radius 2 is 1.74 bits per heavy atom. The van der Waals surface area contributed by atoms with Crippen molar-refractivity contribution >= 4 is 11.8 Å². The summed E-state index contributed by atoms with van der Waals surface area (Å²) in [6, 6.07) is 12.6. The van der Waals surface area contributed by atoms with Crippen LogP contribution in [0.5, 0.6) is 11.5 Å². The number of benzene rings is 2. The summed E-state index contributed by atoms with van der Waals surface area (Å²) < 4.78 is 25.2. The zero-order valence-corrected chi connectivity index (χ0v) is 18.0. The molecule has 2 aromatic carbocycles. The summed E-state index contributed by atoms with van der Waals surface area (Å²) in [5.74, 6) is -0.151. The number of halogens is 1. The summed E-state index contributed by atoms with van der Waals surface area (Å²) in [4.78, 5) is 27.3. The number of methoxy groups -OCH3 is 1. The maximum atomic E-state index is 14.3. The first-order valence-electron chi connectivity index (χ1n) is 10.6. The van der Waals surface area contributed by atoms with E-state index in [0.717, 1.165) is 25.7 Å². The molecule has 1 N–H and O–H groups in total. The summed E-state index contributed by atoms with van der Waals surface area (Å²) in [5.41, 5.74) is 0.341. The lowest BCUT2D eigenvalue weighted by molar-refractivity contribution is -0.142. The number of hydrogen-bond donors (Lipinski definition) is 1. The number of ether oxygens (including phenoxy) is 2. The first-order chi connectivity index (χ1) is 15.0. The molecule has 6 nitrogen and oxygen atoms in total. The van der Waals surface area contributed by atoms with Gasteiger partial charge in [0.2, 0.25) is 5.91 Å². The lowest BCUT2D eigenvalue weighted by Crippen LogP contribution is -2.50. The second-order valence-electron chi connectivity index (χ2n) is 7.72. The van der Waals surface area contributed by atoms with Gasteiger partial charge < -0.3 is 19.7 Å². The minimum absolute atomic E-state index is 0.0277. The van der Waals surface area contributed by atoms with Gasteiger partial charge in [0.05, 0.1) is 7.11 Å². The molecule has 2 amide bonds. The van der Waals surface area contributed by atoms with Gasteiger partial charge in [0.1, 0.15) is 11.9 Å². The van der Waals surface area contributed by atoms with Gasteiger partial charge >= 0.3 is 0 Å². The monoisotopic (exact) mass is 428 g/mol. The zero-order chi connectivity index (χ0) is 22.2. The summed E-state index contributed by atoms with van der Waals surface area (Å²) in [5, 5.41) is 3.02. The van der Waals surface area contributed by atoms with Crippen LogP contribution in [0.25, 0.3) is 0 Å². The summed E-state index contributed by atoms with van der Waals surface area (Å²) in [6.07, 6.45) is 4.06. The van der Waals surface area contributed by atoms with E-state index in [0.29, 0.717) is 17.1 Å². The molecule has 1 saturated carbocycles. The number of carbonyl (C=O) groups excluding carboxylic acids is 2. The maximum Gasteiger partial charge on any atom is 0.261 e. The normalized spacial score (nSPS) is 14.7. The molecule has 1 aliphatic carbocycles. The SMILES string of the molecule is COc1ccccc1OCC(=O)N(Cc1ccccc1F)[C@@H](C)C(=O)NC1CCCC1. The third-order valence-electron chi connectivity index (χ3n) is 5.59. The first-order valence-corrected chi connectivity index (χ1v) is 10.6. The molecule has 0 aromatic heterocycles. The van der Waals surface area contributed by atoms with E-state index in [1.165, 1.54) is 18.1 Å². The van der Waals surface area contributed by atoms with Gasteiger partial charge in [-0.1, -0.05) is 43.2 Å². The molecule has 2 aromatic rings. The highest BCUT2D eigenvalue weighted by atomic mass is 19.1. The van der Waals surface area contributed by atoms with Crippen LogP contribution < -0.4 is 14.8 Å². The summed E-state index contributed by atoms with van der Waals surface area (Å²) in [6.45, 7) is 1.34. The van der Waals surface area contributed by atoms with Crippen LogP contribution in [0.1, 0.15) is 38.2 Å². The number of rotatable bonds is 9. The number of hydrogen-bond acceptors (Lipinski definition) is 4. The second kappa shape index (κ2) is 10.8. The number of nitrogens with one attached hydrogen (secondary N) is 1. The smallest absolute Gasteiger partial charge is 0.261 e. The Morgan fingerprint density at radius 3 is 2.42 bits per heavy atom. The van der Waals surface area contributed by atoms with Crippen molar-refractivity contribution in [2.75, 3.05) is 13.7 Å². The molecule has 1 aliphatic rings. The van der Waals surface area contributed by atoms with E-state index in [1.807, 2.05) is 0 Å². The van der Waals surface area contributed by atoms with Crippen molar-refractivity contribution in [3.8, 4) is 11.5 Å². The third kappa shape index (κ3) is 5.96. The topological polar surface area (TPSA) is 67.9 Å². The fraction of sp³-hybridized carbons (Fsp3) is 0.417. The van der Waals surface area contributed by atoms with Crippen LogP contribution >= 0.6 is 0 Å². The molecule has 7 heteroatoms. The van der Waals surface area contributed by atoms with Crippen LogP contribution in [0.2, 0.25) is 0 Å². The highest BCUT2D eigenvalue weighted by Crippen LogP contribution is 2.26. The van der Waals surface area contributed by atoms with Crippen LogP contribution in [-0.2, 0) is 16.1 Å². The van der Waals surface area contributed by atoms with Gasteiger partial charge in [0.25, 0.3) is 5.91 Å². The van der Waals surface area contributed by atoms with Crippen molar-refractivity contribution in [3.63, 3.8) is 0 Å². The Morgan fingerprint density at radius 1 is 1.10 bits per heavy atom. The molecule has 0 aliphatic heterocycles. The van der Waals surface area contributed by atoms with Gasteiger partial charge in [-0.05, 0) is 38.0 Å². The van der Waals surface area contributed by atoms with Gasteiger partial charge in [0.15, 0.2) is 18.1 Å². The fourth-order valence-corrected chi connectivity index (χ4v) is 3.75. The molecule has 31 heavy (non-hydrogen) atoms. The zero-order valence-electron chi connectivity index (χ0n) is 18.0. The Bertz CT molecular complexity index is 899. The molecule has 0 unspecified atom stereocenters. The highest BCUT2D eigenvalue weighted by Gasteiger charge is 2.29. The van der Waals surface area contributed by atoms with Crippen LogP contribution in [0.15, 0.2) is 48.5 Å². The van der Waals surface area contributed by atoms with Crippen LogP contribution in [0.3, 0.4) is 0 Å². The predicted octanol–water partition coefficient (Wildman–Crippen LogP) is 3.69. The van der Waals surface area contributed by atoms with Gasteiger partial charge in [-0.15, -0.1) is 0 Å². The molecule has 1 atom stereocenters. The predicted molar refractivity (Wildman–Crippen MR) is 115 cm³/mol. The lowest BCUT2D eigenvalue weighted by atomic mass is 10.1. The van der Waals surface area contributed by atoms with E-state index in [2.05, 4.69) is 5.32 Å². The number of amides is 2. The van der Waals surface area contributed by atoms with Crippen LogP contribution in [-0.4, -0.2) is 42.5 Å². The van der Waals surface area contributed by atoms with Gasteiger partial charge in [-0.2, -0.15) is 0 Å². The fourth-order valence-electron chi connectivity index (χ4n) is 3.75. The Labute approximate surface area is 182 Å². The van der Waals surface area contributed by atoms with Crippen molar-refractivity contribution in [2.45, 2.75) is 51.2 Å². The lowest BCUT2D eigenvalue weighted by Gasteiger charge is -2.29. The molecule has 0 saturated heterocycles. The number of carbonyl (C=O) groups is 2. The Balaban J connectivity index is 1.74. The first kappa shape index (κ1) is 22.6. The van der Waals surface area contributed by atoms with E-state index >= 15 is 0 Å². The van der Waals surface area contributed by atoms with E-state index in [-0.39, 0.29) is 25.1 Å². The molecule has 0 radical (unpaired) electrons. The van der Waals surface area contributed by atoms with E-state index in [4.69, 9.17) is 9.47 Å². The standard InChI is InChI=1S/C24H29FN2O4/c1-17(24(29)26-19-10-4-5-11-19)27(15-18-9-3-6-12-20(18)25)23(28)16-31-22-14-8-7-13-21(22)30-2/h3,6-9,12-14,17,19H,4-5,10-11,15-16H2,1-2H3,(H,26,29)/t17-/m0/s1. The largest absolute Gasteiger partial charge is 0.493 e. The molecule has 0 heterocycles. The third-order valence-corrected chi connectivity index (χ3v) is 5.59. The molecule has 0 bridgehead atoms. The molecule has 1 fully saturated rings. The molecule has 166 valence electrons. The minimum Gasteiger partial charge on any atom is -0.493 e. The average molecular weight is 429 g/mol.